The van der Waals surface area contributed by atoms with Crippen LogP contribution >= 0.6 is 0 Å². The maximum absolute atomic E-state index is 5.90. The molecule has 0 aromatic carbocycles. The Labute approximate surface area is 109 Å². The van der Waals surface area contributed by atoms with Crippen molar-refractivity contribution in [3.63, 3.8) is 0 Å². The summed E-state index contributed by atoms with van der Waals surface area (Å²) in [5.41, 5.74) is 6.96. The zero-order valence-corrected chi connectivity index (χ0v) is 11.2. The molecule has 1 fully saturated rings. The average Bonchev–Trinajstić information content (AvgIpc) is 2.86. The van der Waals surface area contributed by atoms with Gasteiger partial charge in [0.25, 0.3) is 0 Å². The number of anilines is 2. The fraction of sp³-hybridized carbons (Fsp3) is 0.692. The predicted octanol–water partition coefficient (Wildman–Crippen LogP) is 1.52. The Morgan fingerprint density at radius 3 is 2.83 bits per heavy atom. The Kier molecular flexibility index (Phi) is 4.75. The van der Waals surface area contributed by atoms with Crippen LogP contribution in [0.2, 0.25) is 0 Å². The lowest BCUT2D eigenvalue weighted by molar-refractivity contribution is 0.352. The lowest BCUT2D eigenvalue weighted by Gasteiger charge is -2.16. The number of nitrogen functional groups attached to an aromatic ring is 1. The molecule has 2 heterocycles. The minimum absolute atomic E-state index is 0.607. The molecule has 1 aromatic heterocycles. The summed E-state index contributed by atoms with van der Waals surface area (Å²) in [5.74, 6) is 1.51. The van der Waals surface area contributed by atoms with Gasteiger partial charge in [0.2, 0.25) is 0 Å². The predicted molar refractivity (Wildman–Crippen MR) is 74.6 cm³/mol. The molecule has 2 rings (SSSR count). The summed E-state index contributed by atoms with van der Waals surface area (Å²) in [4.78, 5) is 10.8. The molecule has 0 atom stereocenters. The van der Waals surface area contributed by atoms with Crippen LogP contribution in [0, 0.1) is 0 Å². The molecule has 0 spiro atoms. The van der Waals surface area contributed by atoms with Crippen molar-refractivity contribution < 1.29 is 0 Å². The Morgan fingerprint density at radius 1 is 1.33 bits per heavy atom. The number of nitrogens with zero attached hydrogens (tertiary/aromatic N) is 3. The molecule has 1 aromatic rings. The minimum Gasteiger partial charge on any atom is -0.383 e. The first-order valence-electron chi connectivity index (χ1n) is 6.87. The van der Waals surface area contributed by atoms with Gasteiger partial charge in [0.05, 0.1) is 0 Å². The van der Waals surface area contributed by atoms with Crippen molar-refractivity contribution in [2.75, 3.05) is 37.2 Å². The molecule has 1 saturated heterocycles. The summed E-state index contributed by atoms with van der Waals surface area (Å²) < 4.78 is 0. The van der Waals surface area contributed by atoms with Crippen LogP contribution in [-0.2, 0) is 6.42 Å². The number of aromatic nitrogens is 2. The summed E-state index contributed by atoms with van der Waals surface area (Å²) in [6.45, 7) is 6.61. The first-order chi connectivity index (χ1) is 8.81. The van der Waals surface area contributed by atoms with Gasteiger partial charge in [-0.05, 0) is 32.4 Å². The van der Waals surface area contributed by atoms with Crippen molar-refractivity contribution in [1.82, 2.24) is 14.9 Å². The standard InChI is InChI=1S/C13H23N5/c1-2-5-11-12(14)16-10-17-13(11)15-6-9-18-7-3-4-8-18/h10H,2-9H2,1H3,(H3,14,15,16,17). The number of nitrogens with two attached hydrogens (primary N) is 1. The van der Waals surface area contributed by atoms with Crippen molar-refractivity contribution in [2.24, 2.45) is 0 Å². The molecule has 5 heteroatoms. The largest absolute Gasteiger partial charge is 0.383 e. The molecule has 0 saturated carbocycles. The fourth-order valence-electron chi connectivity index (χ4n) is 2.41. The summed E-state index contributed by atoms with van der Waals surface area (Å²) in [7, 11) is 0. The zero-order chi connectivity index (χ0) is 12.8. The molecule has 5 nitrogen and oxygen atoms in total. The van der Waals surface area contributed by atoms with Crippen LogP contribution in [0.3, 0.4) is 0 Å². The van der Waals surface area contributed by atoms with Gasteiger partial charge in [0.15, 0.2) is 0 Å². The third-order valence-electron chi connectivity index (χ3n) is 3.40. The van der Waals surface area contributed by atoms with E-state index >= 15 is 0 Å². The highest BCUT2D eigenvalue weighted by atomic mass is 15.2. The smallest absolute Gasteiger partial charge is 0.134 e. The van der Waals surface area contributed by atoms with Crippen LogP contribution in [0.25, 0.3) is 0 Å². The van der Waals surface area contributed by atoms with E-state index in [1.54, 1.807) is 0 Å². The van der Waals surface area contributed by atoms with Crippen LogP contribution in [0.1, 0.15) is 31.7 Å². The third-order valence-corrected chi connectivity index (χ3v) is 3.40. The first-order valence-corrected chi connectivity index (χ1v) is 6.87. The van der Waals surface area contributed by atoms with Gasteiger partial charge in [-0.1, -0.05) is 13.3 Å². The lowest BCUT2D eigenvalue weighted by Crippen LogP contribution is -2.26. The van der Waals surface area contributed by atoms with E-state index in [2.05, 4.69) is 27.1 Å². The number of hydrogen-bond acceptors (Lipinski definition) is 5. The summed E-state index contributed by atoms with van der Waals surface area (Å²) in [5, 5.41) is 3.39. The molecule has 18 heavy (non-hydrogen) atoms. The molecule has 0 unspecified atom stereocenters. The highest BCUT2D eigenvalue weighted by molar-refractivity contribution is 5.54. The normalized spacial score (nSPS) is 16.1. The molecule has 3 N–H and O–H groups in total. The molecular formula is C13H23N5. The quantitative estimate of drug-likeness (QED) is 0.800. The van der Waals surface area contributed by atoms with Crippen LogP contribution in [0.4, 0.5) is 11.6 Å². The Balaban J connectivity index is 1.89. The maximum atomic E-state index is 5.90. The van der Waals surface area contributed by atoms with Crippen molar-refractivity contribution in [3.8, 4) is 0 Å². The van der Waals surface area contributed by atoms with Gasteiger partial charge in [-0.2, -0.15) is 0 Å². The van der Waals surface area contributed by atoms with Crippen molar-refractivity contribution >= 4 is 11.6 Å². The Morgan fingerprint density at radius 2 is 2.11 bits per heavy atom. The summed E-state index contributed by atoms with van der Waals surface area (Å²) in [6, 6.07) is 0. The molecule has 1 aliphatic heterocycles. The second kappa shape index (κ2) is 6.54. The van der Waals surface area contributed by atoms with Crippen molar-refractivity contribution in [1.29, 1.82) is 0 Å². The maximum Gasteiger partial charge on any atom is 0.134 e. The lowest BCUT2D eigenvalue weighted by atomic mass is 10.1. The highest BCUT2D eigenvalue weighted by Crippen LogP contribution is 2.18. The molecule has 0 radical (unpaired) electrons. The van der Waals surface area contributed by atoms with Gasteiger partial charge >= 0.3 is 0 Å². The van der Waals surface area contributed by atoms with Gasteiger partial charge in [-0.3, -0.25) is 0 Å². The zero-order valence-electron chi connectivity index (χ0n) is 11.2. The third kappa shape index (κ3) is 3.32. The molecule has 1 aliphatic rings. The molecule has 100 valence electrons. The second-order valence-electron chi connectivity index (χ2n) is 4.81. The van der Waals surface area contributed by atoms with Crippen LogP contribution < -0.4 is 11.1 Å². The van der Waals surface area contributed by atoms with E-state index in [-0.39, 0.29) is 0 Å². The van der Waals surface area contributed by atoms with Crippen LogP contribution in [0.5, 0.6) is 0 Å². The van der Waals surface area contributed by atoms with E-state index in [1.807, 2.05) is 0 Å². The molecule has 0 bridgehead atoms. The monoisotopic (exact) mass is 249 g/mol. The highest BCUT2D eigenvalue weighted by Gasteiger charge is 2.12. The number of rotatable bonds is 6. The van der Waals surface area contributed by atoms with Gasteiger partial charge < -0.3 is 16.0 Å². The van der Waals surface area contributed by atoms with Crippen molar-refractivity contribution in [3.05, 3.63) is 11.9 Å². The number of hydrogen-bond donors (Lipinski definition) is 2. The van der Waals surface area contributed by atoms with Gasteiger partial charge in [-0.25, -0.2) is 9.97 Å². The van der Waals surface area contributed by atoms with E-state index in [1.165, 1.54) is 32.3 Å². The van der Waals surface area contributed by atoms with E-state index in [4.69, 9.17) is 5.73 Å². The number of likely N-dealkylation sites (tertiary alicyclic amines) is 1. The summed E-state index contributed by atoms with van der Waals surface area (Å²) >= 11 is 0. The minimum atomic E-state index is 0.607. The van der Waals surface area contributed by atoms with Crippen molar-refractivity contribution in [2.45, 2.75) is 32.6 Å². The molecular weight excluding hydrogens is 226 g/mol. The van der Waals surface area contributed by atoms with E-state index in [0.717, 1.165) is 37.3 Å². The SMILES string of the molecule is CCCc1c(N)ncnc1NCCN1CCCC1. The Hall–Kier alpha value is -1.36. The summed E-state index contributed by atoms with van der Waals surface area (Å²) in [6.07, 6.45) is 6.19. The van der Waals surface area contributed by atoms with Gasteiger partial charge in [-0.15, -0.1) is 0 Å². The van der Waals surface area contributed by atoms with Crippen LogP contribution in [0.15, 0.2) is 6.33 Å². The van der Waals surface area contributed by atoms with E-state index in [9.17, 15) is 0 Å². The fourth-order valence-corrected chi connectivity index (χ4v) is 2.41. The Bertz CT molecular complexity index is 374. The first kappa shape index (κ1) is 13.1. The molecule has 0 aliphatic carbocycles. The topological polar surface area (TPSA) is 67.1 Å². The van der Waals surface area contributed by atoms with E-state index < -0.39 is 0 Å². The van der Waals surface area contributed by atoms with Crippen LogP contribution in [-0.4, -0.2) is 41.0 Å². The van der Waals surface area contributed by atoms with Gasteiger partial charge in [0.1, 0.15) is 18.0 Å². The van der Waals surface area contributed by atoms with E-state index in [0.29, 0.717) is 5.82 Å². The number of nitrogens with one attached hydrogen (secondary N) is 1. The second-order valence-corrected chi connectivity index (χ2v) is 4.81. The molecule has 0 amide bonds. The average molecular weight is 249 g/mol. The van der Waals surface area contributed by atoms with Gasteiger partial charge in [0, 0.05) is 18.7 Å².